The number of fused-ring (bicyclic) bond motifs is 1. The number of thioether (sulfide) groups is 1. The lowest BCUT2D eigenvalue weighted by molar-refractivity contribution is 0.579. The molecule has 17 heavy (non-hydrogen) atoms. The van der Waals surface area contributed by atoms with Gasteiger partial charge in [-0.1, -0.05) is 32.0 Å². The van der Waals surface area contributed by atoms with Crippen LogP contribution in [0.3, 0.4) is 0 Å². The Kier molecular flexibility index (Phi) is 4.29. The number of thiazole rings is 1. The van der Waals surface area contributed by atoms with Gasteiger partial charge in [0.25, 0.3) is 0 Å². The molecule has 0 radical (unpaired) electrons. The Bertz CT molecular complexity index is 491. The highest BCUT2D eigenvalue weighted by atomic mass is 32.2. The smallest absolute Gasteiger partial charge is 0.151 e. The second-order valence-corrected chi connectivity index (χ2v) is 6.96. The van der Waals surface area contributed by atoms with Gasteiger partial charge in [-0.05, 0) is 30.5 Å². The topological polar surface area (TPSA) is 38.9 Å². The van der Waals surface area contributed by atoms with Crippen molar-refractivity contribution in [1.29, 1.82) is 0 Å². The van der Waals surface area contributed by atoms with Gasteiger partial charge in [-0.25, -0.2) is 4.98 Å². The molecule has 2 aromatic rings. The van der Waals surface area contributed by atoms with Crippen molar-refractivity contribution in [2.75, 3.05) is 11.5 Å². The Morgan fingerprint density at radius 3 is 3.00 bits per heavy atom. The molecule has 0 aliphatic rings. The van der Waals surface area contributed by atoms with Crippen molar-refractivity contribution in [3.05, 3.63) is 18.2 Å². The number of hydrogen-bond acceptors (Lipinski definition) is 4. The van der Waals surface area contributed by atoms with Gasteiger partial charge in [-0.2, -0.15) is 0 Å². The predicted molar refractivity (Wildman–Crippen MR) is 78.8 cm³/mol. The van der Waals surface area contributed by atoms with Crippen molar-refractivity contribution in [1.82, 2.24) is 4.98 Å². The number of benzene rings is 1. The summed E-state index contributed by atoms with van der Waals surface area (Å²) in [7, 11) is 0. The maximum absolute atomic E-state index is 5.76. The van der Waals surface area contributed by atoms with E-state index in [9.17, 15) is 0 Å². The lowest BCUT2D eigenvalue weighted by Crippen LogP contribution is -1.88. The van der Waals surface area contributed by atoms with Crippen LogP contribution in [-0.2, 0) is 0 Å². The molecule has 0 aliphatic heterocycles. The summed E-state index contributed by atoms with van der Waals surface area (Å²) in [5.74, 6) is 1.96. The van der Waals surface area contributed by atoms with Crippen molar-refractivity contribution in [3.63, 3.8) is 0 Å². The van der Waals surface area contributed by atoms with Gasteiger partial charge in [0, 0.05) is 11.4 Å². The Labute approximate surface area is 111 Å². The summed E-state index contributed by atoms with van der Waals surface area (Å²) in [5, 5.41) is 0. The van der Waals surface area contributed by atoms with Crippen molar-refractivity contribution in [3.8, 4) is 0 Å². The van der Waals surface area contributed by atoms with Crippen LogP contribution < -0.4 is 5.73 Å². The first-order chi connectivity index (χ1) is 8.15. The molecule has 2 N–H and O–H groups in total. The van der Waals surface area contributed by atoms with Crippen molar-refractivity contribution >= 4 is 39.0 Å². The van der Waals surface area contributed by atoms with Crippen LogP contribution in [-0.4, -0.2) is 10.7 Å². The second-order valence-electron chi connectivity index (χ2n) is 4.59. The fourth-order valence-electron chi connectivity index (χ4n) is 1.63. The van der Waals surface area contributed by atoms with Gasteiger partial charge in [0.05, 0.1) is 10.2 Å². The van der Waals surface area contributed by atoms with E-state index in [1.54, 1.807) is 11.3 Å². The van der Waals surface area contributed by atoms with E-state index in [4.69, 9.17) is 5.73 Å². The normalized spacial score (nSPS) is 11.5. The zero-order valence-electron chi connectivity index (χ0n) is 10.3. The first kappa shape index (κ1) is 12.7. The highest BCUT2D eigenvalue weighted by Crippen LogP contribution is 2.31. The number of rotatable bonds is 5. The fourth-order valence-corrected chi connectivity index (χ4v) is 3.78. The van der Waals surface area contributed by atoms with E-state index in [2.05, 4.69) is 18.8 Å². The summed E-state index contributed by atoms with van der Waals surface area (Å²) in [6.07, 6.45) is 2.56. The highest BCUT2D eigenvalue weighted by molar-refractivity contribution is 8.01. The molecule has 92 valence electrons. The number of nitrogens with zero attached hydrogens (tertiary/aromatic N) is 1. The SMILES string of the molecule is CC(C)CCCSc1nc2ccc(N)cc2s1. The first-order valence-electron chi connectivity index (χ1n) is 5.94. The zero-order chi connectivity index (χ0) is 12.3. The number of nitrogens with two attached hydrogens (primary N) is 1. The van der Waals surface area contributed by atoms with Gasteiger partial charge in [0.15, 0.2) is 4.34 Å². The molecule has 0 aliphatic carbocycles. The van der Waals surface area contributed by atoms with Gasteiger partial charge in [-0.15, -0.1) is 11.3 Å². The van der Waals surface area contributed by atoms with Gasteiger partial charge in [0.2, 0.25) is 0 Å². The van der Waals surface area contributed by atoms with Crippen molar-refractivity contribution < 1.29 is 0 Å². The summed E-state index contributed by atoms with van der Waals surface area (Å²) in [4.78, 5) is 4.60. The minimum Gasteiger partial charge on any atom is -0.399 e. The molecule has 0 unspecified atom stereocenters. The molecule has 0 bridgehead atoms. The monoisotopic (exact) mass is 266 g/mol. The molecule has 1 heterocycles. The van der Waals surface area contributed by atoms with Gasteiger partial charge in [0.1, 0.15) is 0 Å². The van der Waals surface area contributed by atoms with Crippen LogP contribution in [0.2, 0.25) is 0 Å². The predicted octanol–water partition coefficient (Wildman–Crippen LogP) is 4.41. The molecule has 0 spiro atoms. The van der Waals surface area contributed by atoms with Crippen LogP contribution in [0, 0.1) is 5.92 Å². The summed E-state index contributed by atoms with van der Waals surface area (Å²) >= 11 is 3.60. The Hall–Kier alpha value is -0.740. The lowest BCUT2D eigenvalue weighted by atomic mass is 10.1. The molecular formula is C13H18N2S2. The van der Waals surface area contributed by atoms with Crippen LogP contribution in [0.15, 0.2) is 22.5 Å². The van der Waals surface area contributed by atoms with E-state index in [0.29, 0.717) is 0 Å². The number of aromatic nitrogens is 1. The van der Waals surface area contributed by atoms with Crippen LogP contribution in [0.5, 0.6) is 0 Å². The van der Waals surface area contributed by atoms with Crippen LogP contribution >= 0.6 is 23.1 Å². The third kappa shape index (κ3) is 3.61. The lowest BCUT2D eigenvalue weighted by Gasteiger charge is -2.01. The molecular weight excluding hydrogens is 248 g/mol. The summed E-state index contributed by atoms with van der Waals surface area (Å²) in [5.41, 5.74) is 7.64. The molecule has 0 saturated carbocycles. The third-order valence-corrected chi connectivity index (χ3v) is 4.79. The molecule has 2 nitrogen and oxygen atoms in total. The maximum Gasteiger partial charge on any atom is 0.151 e. The molecule has 0 fully saturated rings. The molecule has 1 aromatic heterocycles. The number of nitrogen functional groups attached to an aromatic ring is 1. The average molecular weight is 266 g/mol. The highest BCUT2D eigenvalue weighted by Gasteiger charge is 2.04. The Morgan fingerprint density at radius 2 is 2.24 bits per heavy atom. The molecule has 2 rings (SSSR count). The quantitative estimate of drug-likeness (QED) is 0.495. The van der Waals surface area contributed by atoms with E-state index in [0.717, 1.165) is 27.2 Å². The van der Waals surface area contributed by atoms with E-state index < -0.39 is 0 Å². The van der Waals surface area contributed by atoms with Crippen LogP contribution in [0.25, 0.3) is 10.2 Å². The van der Waals surface area contributed by atoms with Crippen molar-refractivity contribution in [2.24, 2.45) is 5.92 Å². The maximum atomic E-state index is 5.76. The third-order valence-electron chi connectivity index (χ3n) is 2.54. The minimum absolute atomic E-state index is 0.797. The van der Waals surface area contributed by atoms with Crippen LogP contribution in [0.4, 0.5) is 5.69 Å². The molecule has 1 aromatic carbocycles. The average Bonchev–Trinajstić information content (AvgIpc) is 2.66. The van der Waals surface area contributed by atoms with E-state index in [-0.39, 0.29) is 0 Å². The van der Waals surface area contributed by atoms with Gasteiger partial charge < -0.3 is 5.73 Å². The number of anilines is 1. The van der Waals surface area contributed by atoms with E-state index in [1.165, 1.54) is 17.5 Å². The van der Waals surface area contributed by atoms with Gasteiger partial charge >= 0.3 is 0 Å². The molecule has 4 heteroatoms. The molecule has 0 amide bonds. The Morgan fingerprint density at radius 1 is 1.41 bits per heavy atom. The van der Waals surface area contributed by atoms with Gasteiger partial charge in [-0.3, -0.25) is 0 Å². The first-order valence-corrected chi connectivity index (χ1v) is 7.74. The summed E-state index contributed by atoms with van der Waals surface area (Å²) < 4.78 is 2.35. The van der Waals surface area contributed by atoms with E-state index >= 15 is 0 Å². The Balaban J connectivity index is 1.95. The number of hydrogen-bond donors (Lipinski definition) is 1. The van der Waals surface area contributed by atoms with Crippen molar-refractivity contribution in [2.45, 2.75) is 31.0 Å². The minimum atomic E-state index is 0.797. The second kappa shape index (κ2) is 5.74. The van der Waals surface area contributed by atoms with E-state index in [1.807, 2.05) is 30.0 Å². The molecule has 0 saturated heterocycles. The summed E-state index contributed by atoms with van der Waals surface area (Å²) in [6, 6.07) is 5.92. The zero-order valence-corrected chi connectivity index (χ0v) is 11.9. The largest absolute Gasteiger partial charge is 0.399 e. The molecule has 0 atom stereocenters. The standard InChI is InChI=1S/C13H18N2S2/c1-9(2)4-3-7-16-13-15-11-6-5-10(14)8-12(11)17-13/h5-6,8-9H,3-4,7,14H2,1-2H3. The van der Waals surface area contributed by atoms with Crippen LogP contribution in [0.1, 0.15) is 26.7 Å². The summed E-state index contributed by atoms with van der Waals surface area (Å²) in [6.45, 7) is 4.54. The fraction of sp³-hybridized carbons (Fsp3) is 0.462.